The molecule has 8 nitrogen and oxygen atoms in total. The number of fused-ring (bicyclic) bond motifs is 1. The third kappa shape index (κ3) is 2.86. The second-order valence-corrected chi connectivity index (χ2v) is 5.52. The van der Waals surface area contributed by atoms with Gasteiger partial charge in [-0.3, -0.25) is 9.59 Å². The van der Waals surface area contributed by atoms with Crippen LogP contribution < -0.4 is 10.9 Å². The molecule has 10 heteroatoms. The van der Waals surface area contributed by atoms with E-state index < -0.39 is 11.5 Å². The van der Waals surface area contributed by atoms with Crippen molar-refractivity contribution in [2.75, 3.05) is 5.32 Å². The van der Waals surface area contributed by atoms with Crippen molar-refractivity contribution >= 4 is 40.6 Å². The number of aromatic amines is 1. The Balaban J connectivity index is 1.95. The smallest absolute Gasteiger partial charge is 0.295 e. The second-order valence-electron chi connectivity index (χ2n) is 4.70. The number of benzene rings is 1. The lowest BCUT2D eigenvalue weighted by Crippen LogP contribution is -2.17. The molecule has 0 aliphatic carbocycles. The van der Waals surface area contributed by atoms with E-state index >= 15 is 0 Å². The number of rotatable bonds is 2. The number of aryl methyl sites for hydroxylation is 1. The molecule has 0 aliphatic heterocycles. The van der Waals surface area contributed by atoms with Gasteiger partial charge in [0.2, 0.25) is 11.6 Å². The van der Waals surface area contributed by atoms with Gasteiger partial charge in [-0.2, -0.15) is 9.50 Å². The maximum Gasteiger partial charge on any atom is 0.295 e. The van der Waals surface area contributed by atoms with E-state index in [-0.39, 0.29) is 33.1 Å². The molecule has 0 radical (unpaired) electrons. The van der Waals surface area contributed by atoms with E-state index in [0.717, 1.165) is 4.52 Å². The third-order valence-corrected chi connectivity index (χ3v) is 3.52. The molecule has 0 aliphatic rings. The minimum absolute atomic E-state index is 0.0124. The summed E-state index contributed by atoms with van der Waals surface area (Å²) in [6.45, 7) is 1.69. The molecule has 0 atom stereocenters. The van der Waals surface area contributed by atoms with Crippen molar-refractivity contribution in [3.8, 4) is 5.75 Å². The number of aromatic hydroxyl groups is 1. The second kappa shape index (κ2) is 5.56. The van der Waals surface area contributed by atoms with Crippen LogP contribution in [0.4, 0.5) is 5.69 Å². The van der Waals surface area contributed by atoms with Gasteiger partial charge in [-0.25, -0.2) is 0 Å². The van der Waals surface area contributed by atoms with Gasteiger partial charge in [0.05, 0.1) is 10.0 Å². The van der Waals surface area contributed by atoms with Crippen molar-refractivity contribution in [1.82, 2.24) is 19.6 Å². The Morgan fingerprint density at radius 1 is 1.30 bits per heavy atom. The monoisotopic (exact) mass is 353 g/mol. The molecular formula is C13H9Cl2N5O3. The predicted molar refractivity (Wildman–Crippen MR) is 84.4 cm³/mol. The van der Waals surface area contributed by atoms with Crippen LogP contribution in [0.1, 0.15) is 16.3 Å². The maximum atomic E-state index is 12.2. The van der Waals surface area contributed by atoms with Crippen LogP contribution in [0.3, 0.4) is 0 Å². The Morgan fingerprint density at radius 3 is 2.61 bits per heavy atom. The van der Waals surface area contributed by atoms with Crippen LogP contribution in [0, 0.1) is 6.92 Å². The van der Waals surface area contributed by atoms with E-state index in [2.05, 4.69) is 20.4 Å². The van der Waals surface area contributed by atoms with E-state index in [1.165, 1.54) is 18.2 Å². The zero-order chi connectivity index (χ0) is 16.7. The number of aromatic nitrogens is 4. The number of amides is 1. The number of nitrogens with zero attached hydrogens (tertiary/aromatic N) is 3. The van der Waals surface area contributed by atoms with E-state index in [9.17, 15) is 14.7 Å². The van der Waals surface area contributed by atoms with Crippen molar-refractivity contribution in [3.05, 3.63) is 50.1 Å². The Morgan fingerprint density at radius 2 is 1.96 bits per heavy atom. The van der Waals surface area contributed by atoms with Crippen molar-refractivity contribution in [3.63, 3.8) is 0 Å². The van der Waals surface area contributed by atoms with Gasteiger partial charge in [-0.15, -0.1) is 5.10 Å². The van der Waals surface area contributed by atoms with Crippen LogP contribution >= 0.6 is 23.2 Å². The molecular weight excluding hydrogens is 345 g/mol. The van der Waals surface area contributed by atoms with Crippen molar-refractivity contribution < 1.29 is 9.90 Å². The lowest BCUT2D eigenvalue weighted by molar-refractivity contribution is 0.101. The molecule has 1 amide bonds. The molecule has 23 heavy (non-hydrogen) atoms. The summed E-state index contributed by atoms with van der Waals surface area (Å²) in [6.07, 6.45) is 0. The Bertz CT molecular complexity index is 972. The lowest BCUT2D eigenvalue weighted by atomic mass is 10.3. The van der Waals surface area contributed by atoms with Crippen LogP contribution in [-0.4, -0.2) is 30.6 Å². The number of anilines is 1. The van der Waals surface area contributed by atoms with Gasteiger partial charge < -0.3 is 15.4 Å². The fourth-order valence-electron chi connectivity index (χ4n) is 1.93. The fourth-order valence-corrected chi connectivity index (χ4v) is 2.41. The third-order valence-electron chi connectivity index (χ3n) is 2.94. The number of halogens is 2. The summed E-state index contributed by atoms with van der Waals surface area (Å²) < 4.78 is 0.985. The average Bonchev–Trinajstić information content (AvgIpc) is 2.89. The molecule has 0 unspecified atom stereocenters. The number of H-pyrrole nitrogens is 1. The highest BCUT2D eigenvalue weighted by atomic mass is 35.5. The summed E-state index contributed by atoms with van der Waals surface area (Å²) in [5.41, 5.74) is 0.446. The first-order chi connectivity index (χ1) is 10.8. The maximum absolute atomic E-state index is 12.2. The number of hydrogen-bond acceptors (Lipinski definition) is 5. The van der Waals surface area contributed by atoms with Gasteiger partial charge in [-0.1, -0.05) is 23.2 Å². The zero-order valence-electron chi connectivity index (χ0n) is 11.6. The first kappa shape index (κ1) is 15.3. The van der Waals surface area contributed by atoms with Crippen LogP contribution in [0.2, 0.25) is 10.0 Å². The number of carbonyl (C=O) groups excluding carboxylic acids is 1. The van der Waals surface area contributed by atoms with Crippen LogP contribution in [0.15, 0.2) is 23.0 Å². The highest BCUT2D eigenvalue weighted by Gasteiger charge is 2.16. The topological polar surface area (TPSA) is 112 Å². The number of nitrogens with one attached hydrogen (secondary N) is 2. The predicted octanol–water partition coefficient (Wildman–Crippen LogP) is 1.99. The minimum Gasteiger partial charge on any atom is -0.505 e. The van der Waals surface area contributed by atoms with Gasteiger partial charge in [0.1, 0.15) is 0 Å². The fraction of sp³-hybridized carbons (Fsp3) is 0.0769. The first-order valence-electron chi connectivity index (χ1n) is 6.31. The summed E-state index contributed by atoms with van der Waals surface area (Å²) in [5, 5.41) is 15.8. The molecule has 0 saturated carbocycles. The molecule has 0 spiro atoms. The molecule has 0 saturated heterocycles. The van der Waals surface area contributed by atoms with Crippen LogP contribution in [0.25, 0.3) is 5.78 Å². The van der Waals surface area contributed by atoms with Gasteiger partial charge in [0, 0.05) is 17.4 Å². The van der Waals surface area contributed by atoms with E-state index in [0.29, 0.717) is 5.69 Å². The minimum atomic E-state index is -0.656. The molecule has 3 aromatic rings. The number of phenols is 1. The molecule has 3 rings (SSSR count). The standard InChI is InChI=1S/C13H9Cl2N5O3/c1-5-2-9(21)20-13(16-5)18-11(19-20)12(23)17-6-3-7(14)10(22)8(15)4-6/h2-4,22H,1H3,(H,17,23)(H,16,18,19). The summed E-state index contributed by atoms with van der Waals surface area (Å²) in [4.78, 5) is 30.7. The quantitative estimate of drug-likeness (QED) is 0.610. The normalized spacial score (nSPS) is 10.9. The van der Waals surface area contributed by atoms with E-state index in [1.54, 1.807) is 6.92 Å². The van der Waals surface area contributed by atoms with Crippen LogP contribution in [0.5, 0.6) is 5.75 Å². The summed E-state index contributed by atoms with van der Waals surface area (Å²) >= 11 is 11.6. The van der Waals surface area contributed by atoms with Gasteiger partial charge >= 0.3 is 0 Å². The van der Waals surface area contributed by atoms with E-state index in [4.69, 9.17) is 23.2 Å². The molecule has 0 fully saturated rings. The van der Waals surface area contributed by atoms with Crippen molar-refractivity contribution in [1.29, 1.82) is 0 Å². The molecule has 118 valence electrons. The van der Waals surface area contributed by atoms with Gasteiger partial charge in [0.15, 0.2) is 5.75 Å². The highest BCUT2D eigenvalue weighted by molar-refractivity contribution is 6.37. The summed E-state index contributed by atoms with van der Waals surface area (Å²) in [6, 6.07) is 3.99. The Kier molecular flexibility index (Phi) is 3.70. The van der Waals surface area contributed by atoms with Gasteiger partial charge in [-0.05, 0) is 19.1 Å². The molecule has 2 heterocycles. The van der Waals surface area contributed by atoms with Gasteiger partial charge in [0.25, 0.3) is 11.5 Å². The van der Waals surface area contributed by atoms with Crippen molar-refractivity contribution in [2.24, 2.45) is 0 Å². The number of carbonyl (C=O) groups is 1. The Labute approximate surface area is 138 Å². The first-order valence-corrected chi connectivity index (χ1v) is 7.07. The molecule has 0 bridgehead atoms. The SMILES string of the molecule is Cc1cc(=O)n2nc(C(=O)Nc3cc(Cl)c(O)c(Cl)c3)nc2[nH]1. The summed E-state index contributed by atoms with van der Waals surface area (Å²) in [7, 11) is 0. The van der Waals surface area contributed by atoms with E-state index in [1.807, 2.05) is 0 Å². The number of phenolic OH excluding ortho intramolecular Hbond substituents is 1. The zero-order valence-corrected chi connectivity index (χ0v) is 13.1. The largest absolute Gasteiger partial charge is 0.505 e. The summed E-state index contributed by atoms with van der Waals surface area (Å²) in [5.74, 6) is -0.985. The van der Waals surface area contributed by atoms with Crippen molar-refractivity contribution in [2.45, 2.75) is 6.92 Å². The molecule has 2 aromatic heterocycles. The lowest BCUT2D eigenvalue weighted by Gasteiger charge is -2.05. The number of hydrogen-bond donors (Lipinski definition) is 3. The average molecular weight is 354 g/mol. The highest BCUT2D eigenvalue weighted by Crippen LogP contribution is 2.34. The molecule has 3 N–H and O–H groups in total. The van der Waals surface area contributed by atoms with Crippen LogP contribution in [-0.2, 0) is 0 Å². The molecule has 1 aromatic carbocycles. The Hall–Kier alpha value is -2.58.